The van der Waals surface area contributed by atoms with Crippen LogP contribution in [0.15, 0.2) is 72.8 Å². The van der Waals surface area contributed by atoms with E-state index in [0.29, 0.717) is 6.54 Å². The van der Waals surface area contributed by atoms with E-state index in [-0.39, 0.29) is 11.6 Å². The molecule has 1 nitrogen and oxygen atoms in total. The van der Waals surface area contributed by atoms with Crippen LogP contribution in [-0.4, -0.2) is 6.54 Å². The Morgan fingerprint density at radius 1 is 1.04 bits per heavy atom. The van der Waals surface area contributed by atoms with Crippen molar-refractivity contribution in [1.82, 2.24) is 5.32 Å². The molecule has 0 amide bonds. The first kappa shape index (κ1) is 17.8. The highest BCUT2D eigenvalue weighted by atomic mass is 19.1. The van der Waals surface area contributed by atoms with Gasteiger partial charge in [0.05, 0.1) is 5.56 Å². The monoisotopic (exact) mass is 347 g/mol. The van der Waals surface area contributed by atoms with Gasteiger partial charge in [0.2, 0.25) is 0 Å². The summed E-state index contributed by atoms with van der Waals surface area (Å²) in [5, 5.41) is 5.90. The molecule has 0 bridgehead atoms. The molecule has 0 spiro atoms. The van der Waals surface area contributed by atoms with Crippen molar-refractivity contribution in [3.8, 4) is 11.8 Å². The Labute approximate surface area is 152 Å². The number of benzene rings is 3. The first-order valence-electron chi connectivity index (χ1n) is 8.48. The summed E-state index contributed by atoms with van der Waals surface area (Å²) in [6.45, 7) is 2.76. The second kappa shape index (κ2) is 8.42. The van der Waals surface area contributed by atoms with E-state index >= 15 is 0 Å². The minimum atomic E-state index is -0.645. The van der Waals surface area contributed by atoms with Crippen molar-refractivity contribution in [2.45, 2.75) is 13.0 Å². The Balaban J connectivity index is 1.59. The van der Waals surface area contributed by atoms with Crippen LogP contribution in [0, 0.1) is 23.5 Å². The Morgan fingerprint density at radius 2 is 1.85 bits per heavy atom. The molecule has 26 heavy (non-hydrogen) atoms. The molecule has 0 unspecified atom stereocenters. The molecule has 0 heterocycles. The van der Waals surface area contributed by atoms with Crippen LogP contribution in [0.25, 0.3) is 10.8 Å². The fourth-order valence-electron chi connectivity index (χ4n) is 2.81. The van der Waals surface area contributed by atoms with Crippen LogP contribution >= 0.6 is 0 Å². The van der Waals surface area contributed by atoms with Crippen molar-refractivity contribution in [3.05, 3.63) is 95.6 Å². The average molecular weight is 347 g/mol. The summed E-state index contributed by atoms with van der Waals surface area (Å²) < 4.78 is 26.3. The predicted molar refractivity (Wildman–Crippen MR) is 103 cm³/mol. The molecule has 0 aliphatic rings. The summed E-state index contributed by atoms with van der Waals surface area (Å²) in [5.41, 5.74) is 1.43. The SMILES string of the molecule is C[C@@H](NC/C=C/C#Cc1ccc(F)cc1F)c1cccc2ccccc12. The lowest BCUT2D eigenvalue weighted by Crippen LogP contribution is -2.18. The van der Waals surface area contributed by atoms with Gasteiger partial charge in [-0.2, -0.15) is 0 Å². The fraction of sp³-hybridized carbons (Fsp3) is 0.130. The molecular formula is C23H19F2N. The topological polar surface area (TPSA) is 12.0 Å². The van der Waals surface area contributed by atoms with Gasteiger partial charge < -0.3 is 5.32 Å². The predicted octanol–water partition coefficient (Wildman–Crippen LogP) is 5.38. The number of halogens is 2. The van der Waals surface area contributed by atoms with Crippen molar-refractivity contribution in [2.75, 3.05) is 6.54 Å². The third kappa shape index (κ3) is 4.36. The van der Waals surface area contributed by atoms with Crippen LogP contribution in [0.2, 0.25) is 0 Å². The maximum Gasteiger partial charge on any atom is 0.141 e. The molecule has 3 aromatic rings. The van der Waals surface area contributed by atoms with E-state index < -0.39 is 11.6 Å². The number of nitrogens with one attached hydrogen (secondary N) is 1. The Hall–Kier alpha value is -2.96. The van der Waals surface area contributed by atoms with Gasteiger partial charge in [-0.1, -0.05) is 60.4 Å². The molecule has 0 saturated carbocycles. The highest BCUT2D eigenvalue weighted by Crippen LogP contribution is 2.23. The average Bonchev–Trinajstić information content (AvgIpc) is 2.65. The van der Waals surface area contributed by atoms with Crippen molar-refractivity contribution >= 4 is 10.8 Å². The van der Waals surface area contributed by atoms with Gasteiger partial charge in [0, 0.05) is 18.7 Å². The Kier molecular flexibility index (Phi) is 5.78. The maximum atomic E-state index is 13.5. The third-order valence-electron chi connectivity index (χ3n) is 4.17. The molecule has 1 atom stereocenters. The molecule has 3 heteroatoms. The fourth-order valence-corrected chi connectivity index (χ4v) is 2.81. The molecule has 130 valence electrons. The van der Waals surface area contributed by atoms with Crippen LogP contribution in [0.3, 0.4) is 0 Å². The highest BCUT2D eigenvalue weighted by molar-refractivity contribution is 5.86. The highest BCUT2D eigenvalue weighted by Gasteiger charge is 2.07. The molecule has 0 aliphatic heterocycles. The lowest BCUT2D eigenvalue weighted by Gasteiger charge is -2.15. The summed E-state index contributed by atoms with van der Waals surface area (Å²) in [7, 11) is 0. The molecule has 0 saturated heterocycles. The van der Waals surface area contributed by atoms with E-state index in [4.69, 9.17) is 0 Å². The standard InChI is InChI=1S/C23H19F2N/c1-17(21-12-7-10-18-8-4-5-11-22(18)21)26-15-6-2-3-9-19-13-14-20(24)16-23(19)25/h2,4-8,10-14,16-17,26H,15H2,1H3/b6-2+/t17-/m1/s1. The molecule has 3 aromatic carbocycles. The minimum absolute atomic E-state index is 0.188. The van der Waals surface area contributed by atoms with Crippen LogP contribution in [-0.2, 0) is 0 Å². The van der Waals surface area contributed by atoms with Gasteiger partial charge in [-0.25, -0.2) is 8.78 Å². The van der Waals surface area contributed by atoms with Crippen LogP contribution in [0.4, 0.5) is 8.78 Å². The van der Waals surface area contributed by atoms with Gasteiger partial charge in [-0.05, 0) is 41.5 Å². The Bertz CT molecular complexity index is 991. The van der Waals surface area contributed by atoms with Gasteiger partial charge in [0.25, 0.3) is 0 Å². The number of hydrogen-bond donors (Lipinski definition) is 1. The first-order valence-corrected chi connectivity index (χ1v) is 8.48. The second-order valence-electron chi connectivity index (χ2n) is 5.99. The molecule has 0 aromatic heterocycles. The summed E-state index contributed by atoms with van der Waals surface area (Å²) in [4.78, 5) is 0. The van der Waals surface area contributed by atoms with Gasteiger partial charge in [0.15, 0.2) is 0 Å². The quantitative estimate of drug-likeness (QED) is 0.625. The minimum Gasteiger partial charge on any atom is -0.307 e. The van der Waals surface area contributed by atoms with Gasteiger partial charge in [-0.3, -0.25) is 0 Å². The number of rotatable bonds is 4. The van der Waals surface area contributed by atoms with Crippen LogP contribution in [0.1, 0.15) is 24.1 Å². The largest absolute Gasteiger partial charge is 0.307 e. The van der Waals surface area contributed by atoms with Crippen molar-refractivity contribution < 1.29 is 8.78 Å². The zero-order chi connectivity index (χ0) is 18.4. The molecular weight excluding hydrogens is 328 g/mol. The second-order valence-corrected chi connectivity index (χ2v) is 5.99. The molecule has 0 fully saturated rings. The molecule has 1 N–H and O–H groups in total. The summed E-state index contributed by atoms with van der Waals surface area (Å²) >= 11 is 0. The lowest BCUT2D eigenvalue weighted by atomic mass is 10.00. The normalized spacial score (nSPS) is 12.1. The molecule has 3 rings (SSSR count). The van der Waals surface area contributed by atoms with Crippen molar-refractivity contribution in [3.63, 3.8) is 0 Å². The summed E-state index contributed by atoms with van der Waals surface area (Å²) in [5.74, 6) is 4.20. The smallest absolute Gasteiger partial charge is 0.141 e. The maximum absolute atomic E-state index is 13.5. The summed E-state index contributed by atoms with van der Waals surface area (Å²) in [6.07, 6.45) is 3.56. The first-order chi connectivity index (χ1) is 12.6. The van der Waals surface area contributed by atoms with E-state index in [1.807, 2.05) is 18.2 Å². The molecule has 0 radical (unpaired) electrons. The van der Waals surface area contributed by atoms with Gasteiger partial charge in [-0.15, -0.1) is 0 Å². The lowest BCUT2D eigenvalue weighted by molar-refractivity contribution is 0.581. The zero-order valence-corrected chi connectivity index (χ0v) is 14.5. The van der Waals surface area contributed by atoms with Crippen LogP contribution < -0.4 is 5.32 Å². The van der Waals surface area contributed by atoms with E-state index in [0.717, 1.165) is 6.07 Å². The zero-order valence-electron chi connectivity index (χ0n) is 14.5. The van der Waals surface area contributed by atoms with Crippen LogP contribution in [0.5, 0.6) is 0 Å². The number of allylic oxidation sites excluding steroid dienone is 1. The Morgan fingerprint density at radius 3 is 2.69 bits per heavy atom. The van der Waals surface area contributed by atoms with Gasteiger partial charge >= 0.3 is 0 Å². The van der Waals surface area contributed by atoms with E-state index in [9.17, 15) is 8.78 Å². The third-order valence-corrected chi connectivity index (χ3v) is 4.17. The van der Waals surface area contributed by atoms with E-state index in [2.05, 4.69) is 54.4 Å². The van der Waals surface area contributed by atoms with Gasteiger partial charge in [0.1, 0.15) is 11.6 Å². The number of hydrogen-bond acceptors (Lipinski definition) is 1. The van der Waals surface area contributed by atoms with Crippen molar-refractivity contribution in [2.24, 2.45) is 0 Å². The summed E-state index contributed by atoms with van der Waals surface area (Å²) in [6, 6.07) is 18.2. The number of fused-ring (bicyclic) bond motifs is 1. The van der Waals surface area contributed by atoms with Crippen molar-refractivity contribution in [1.29, 1.82) is 0 Å². The molecule has 0 aliphatic carbocycles. The van der Waals surface area contributed by atoms with E-state index in [1.165, 1.54) is 28.5 Å². The van der Waals surface area contributed by atoms with E-state index in [1.54, 1.807) is 6.08 Å².